The summed E-state index contributed by atoms with van der Waals surface area (Å²) in [7, 11) is -0.257. The van der Waals surface area contributed by atoms with Crippen LogP contribution in [-0.2, 0) is 9.31 Å². The molecule has 0 unspecified atom stereocenters. The van der Waals surface area contributed by atoms with Crippen molar-refractivity contribution in [3.05, 3.63) is 12.1 Å². The second-order valence-corrected chi connectivity index (χ2v) is 5.10. The molecule has 16 heavy (non-hydrogen) atoms. The van der Waals surface area contributed by atoms with Gasteiger partial charge in [0.05, 0.1) is 17.3 Å². The first kappa shape index (κ1) is 13.3. The number of hydrogen-bond acceptors (Lipinski definition) is 3. The maximum atomic E-state index is 8.39. The molecular formula is C12H20BNO2. The van der Waals surface area contributed by atoms with Gasteiger partial charge < -0.3 is 9.31 Å². The van der Waals surface area contributed by atoms with Crippen molar-refractivity contribution in [2.45, 2.75) is 58.2 Å². The summed E-state index contributed by atoms with van der Waals surface area (Å²) >= 11 is 0. The molecule has 1 heterocycles. The van der Waals surface area contributed by atoms with E-state index < -0.39 is 0 Å². The fraction of sp³-hybridized carbons (Fsp3) is 0.750. The first-order valence-corrected chi connectivity index (χ1v) is 5.78. The van der Waals surface area contributed by atoms with Gasteiger partial charge in [0.2, 0.25) is 0 Å². The van der Waals surface area contributed by atoms with Gasteiger partial charge in [-0.25, -0.2) is 0 Å². The van der Waals surface area contributed by atoms with Gasteiger partial charge in [0.15, 0.2) is 0 Å². The summed E-state index contributed by atoms with van der Waals surface area (Å²) in [5, 5.41) is 8.39. The van der Waals surface area contributed by atoms with Crippen molar-refractivity contribution in [1.82, 2.24) is 0 Å². The number of allylic oxidation sites excluding steroid dienone is 1. The predicted molar refractivity (Wildman–Crippen MR) is 64.7 cm³/mol. The van der Waals surface area contributed by atoms with E-state index in [4.69, 9.17) is 14.6 Å². The standard InChI is InChI=1S/C12H20BNO2/c1-11(2)12(3,4)16-13(15-11)9-7-5-6-8-10-14/h7,9H,5-6,8H2,1-4H3. The Morgan fingerprint density at radius 3 is 2.25 bits per heavy atom. The van der Waals surface area contributed by atoms with Crippen molar-refractivity contribution in [1.29, 1.82) is 5.26 Å². The summed E-state index contributed by atoms with van der Waals surface area (Å²) in [5.41, 5.74) is -0.538. The van der Waals surface area contributed by atoms with Gasteiger partial charge in [-0.05, 0) is 40.5 Å². The van der Waals surface area contributed by atoms with Gasteiger partial charge in [0.25, 0.3) is 0 Å². The molecular weight excluding hydrogens is 201 g/mol. The van der Waals surface area contributed by atoms with Crippen LogP contribution in [0.1, 0.15) is 47.0 Å². The maximum absolute atomic E-state index is 8.39. The smallest absolute Gasteiger partial charge is 0.400 e. The van der Waals surface area contributed by atoms with Gasteiger partial charge in [0, 0.05) is 6.42 Å². The van der Waals surface area contributed by atoms with Crippen molar-refractivity contribution in [2.75, 3.05) is 0 Å². The van der Waals surface area contributed by atoms with Gasteiger partial charge in [-0.3, -0.25) is 0 Å². The second-order valence-electron chi connectivity index (χ2n) is 5.10. The van der Waals surface area contributed by atoms with E-state index >= 15 is 0 Å². The third-order valence-electron chi connectivity index (χ3n) is 3.22. The van der Waals surface area contributed by atoms with Gasteiger partial charge >= 0.3 is 7.12 Å². The van der Waals surface area contributed by atoms with Crippen LogP contribution < -0.4 is 0 Å². The molecule has 0 aromatic heterocycles. The zero-order chi connectivity index (χ0) is 12.2. The third kappa shape index (κ3) is 3.10. The molecule has 0 radical (unpaired) electrons. The van der Waals surface area contributed by atoms with E-state index in [1.54, 1.807) is 0 Å². The normalized spacial score (nSPS) is 22.6. The van der Waals surface area contributed by atoms with Gasteiger partial charge in [0.1, 0.15) is 0 Å². The molecule has 0 saturated carbocycles. The van der Waals surface area contributed by atoms with Crippen molar-refractivity contribution in [3.63, 3.8) is 0 Å². The molecule has 4 heteroatoms. The van der Waals surface area contributed by atoms with Crippen molar-refractivity contribution in [2.24, 2.45) is 0 Å². The Labute approximate surface area is 98.6 Å². The quantitative estimate of drug-likeness (QED) is 0.541. The molecule has 0 amide bonds. The van der Waals surface area contributed by atoms with E-state index in [1.165, 1.54) is 0 Å². The Hall–Kier alpha value is -0.785. The third-order valence-corrected chi connectivity index (χ3v) is 3.22. The fourth-order valence-electron chi connectivity index (χ4n) is 1.47. The van der Waals surface area contributed by atoms with Crippen molar-refractivity contribution >= 4 is 7.12 Å². The topological polar surface area (TPSA) is 42.2 Å². The first-order chi connectivity index (χ1) is 7.39. The Kier molecular flexibility index (Phi) is 4.18. The molecule has 1 aliphatic heterocycles. The highest BCUT2D eigenvalue weighted by molar-refractivity contribution is 6.51. The monoisotopic (exact) mass is 221 g/mol. The van der Waals surface area contributed by atoms with Gasteiger partial charge in [-0.2, -0.15) is 5.26 Å². The summed E-state index contributed by atoms with van der Waals surface area (Å²) in [6.07, 6.45) is 4.43. The number of unbranched alkanes of at least 4 members (excludes halogenated alkanes) is 2. The number of hydrogen-bond donors (Lipinski definition) is 0. The lowest BCUT2D eigenvalue weighted by molar-refractivity contribution is 0.00578. The lowest BCUT2D eigenvalue weighted by Crippen LogP contribution is -2.41. The van der Waals surface area contributed by atoms with Crippen LogP contribution in [0.5, 0.6) is 0 Å². The molecule has 0 atom stereocenters. The van der Waals surface area contributed by atoms with Crippen molar-refractivity contribution in [3.8, 4) is 6.07 Å². The Balaban J connectivity index is 2.39. The van der Waals surface area contributed by atoms with Gasteiger partial charge in [-0.15, -0.1) is 0 Å². The SMILES string of the molecule is CC1(C)OB(C=CCCCC#N)OC1(C)C. The summed E-state index contributed by atoms with van der Waals surface area (Å²) in [5.74, 6) is 1.94. The molecule has 0 bridgehead atoms. The molecule has 1 aliphatic rings. The van der Waals surface area contributed by atoms with E-state index in [0.29, 0.717) is 6.42 Å². The Morgan fingerprint density at radius 1 is 1.19 bits per heavy atom. The average molecular weight is 221 g/mol. The Morgan fingerprint density at radius 2 is 1.75 bits per heavy atom. The van der Waals surface area contributed by atoms with E-state index in [2.05, 4.69) is 6.07 Å². The fourth-order valence-corrected chi connectivity index (χ4v) is 1.47. The van der Waals surface area contributed by atoms with Gasteiger partial charge in [-0.1, -0.05) is 12.1 Å². The minimum Gasteiger partial charge on any atom is -0.400 e. The van der Waals surface area contributed by atoms with Crippen LogP contribution in [0.25, 0.3) is 0 Å². The van der Waals surface area contributed by atoms with E-state index in [0.717, 1.165) is 12.8 Å². The van der Waals surface area contributed by atoms with Crippen LogP contribution in [0, 0.1) is 11.3 Å². The summed E-state index contributed by atoms with van der Waals surface area (Å²) in [6, 6.07) is 2.13. The summed E-state index contributed by atoms with van der Waals surface area (Å²) in [6.45, 7) is 8.15. The molecule has 88 valence electrons. The first-order valence-electron chi connectivity index (χ1n) is 5.78. The molecule has 1 saturated heterocycles. The van der Waals surface area contributed by atoms with E-state index in [-0.39, 0.29) is 18.3 Å². The van der Waals surface area contributed by atoms with E-state index in [1.807, 2.05) is 39.7 Å². The van der Waals surface area contributed by atoms with Crippen LogP contribution in [0.15, 0.2) is 12.1 Å². The summed E-state index contributed by atoms with van der Waals surface area (Å²) in [4.78, 5) is 0. The molecule has 1 rings (SSSR count). The van der Waals surface area contributed by atoms with Crippen LogP contribution in [-0.4, -0.2) is 18.3 Å². The molecule has 3 nitrogen and oxygen atoms in total. The molecule has 0 spiro atoms. The molecule has 0 aliphatic carbocycles. The number of nitriles is 1. The minimum atomic E-state index is -0.269. The highest BCUT2D eigenvalue weighted by Crippen LogP contribution is 2.36. The zero-order valence-electron chi connectivity index (χ0n) is 10.6. The lowest BCUT2D eigenvalue weighted by atomic mass is 9.89. The molecule has 1 fully saturated rings. The largest absolute Gasteiger partial charge is 0.486 e. The molecule has 0 N–H and O–H groups in total. The predicted octanol–water partition coefficient (Wildman–Crippen LogP) is 2.87. The Bertz CT molecular complexity index is 289. The zero-order valence-corrected chi connectivity index (χ0v) is 10.6. The second kappa shape index (κ2) is 5.03. The van der Waals surface area contributed by atoms with E-state index in [9.17, 15) is 0 Å². The maximum Gasteiger partial charge on any atom is 0.486 e. The van der Waals surface area contributed by atoms with Crippen LogP contribution in [0.4, 0.5) is 0 Å². The molecule has 0 aromatic rings. The van der Waals surface area contributed by atoms with Crippen LogP contribution in [0.2, 0.25) is 0 Å². The minimum absolute atomic E-state index is 0.257. The number of rotatable bonds is 4. The van der Waals surface area contributed by atoms with Crippen molar-refractivity contribution < 1.29 is 9.31 Å². The summed E-state index contributed by atoms with van der Waals surface area (Å²) < 4.78 is 11.6. The molecule has 0 aromatic carbocycles. The highest BCUT2D eigenvalue weighted by atomic mass is 16.7. The van der Waals surface area contributed by atoms with Crippen LogP contribution >= 0.6 is 0 Å². The highest BCUT2D eigenvalue weighted by Gasteiger charge is 2.49. The number of nitrogens with zero attached hydrogens (tertiary/aromatic N) is 1. The van der Waals surface area contributed by atoms with Crippen LogP contribution in [0.3, 0.4) is 0 Å². The average Bonchev–Trinajstić information content (AvgIpc) is 2.35. The lowest BCUT2D eigenvalue weighted by Gasteiger charge is -2.32.